The van der Waals surface area contributed by atoms with Gasteiger partial charge in [-0.25, -0.2) is 4.39 Å². The van der Waals surface area contributed by atoms with Crippen LogP contribution in [0.4, 0.5) is 17.6 Å². The minimum absolute atomic E-state index is 0.0116. The molecule has 1 aliphatic heterocycles. The van der Waals surface area contributed by atoms with Crippen molar-refractivity contribution >= 4 is 5.97 Å². The largest absolute Gasteiger partial charge is 0.494 e. The van der Waals surface area contributed by atoms with E-state index in [0.29, 0.717) is 31.9 Å². The van der Waals surface area contributed by atoms with Gasteiger partial charge in [0.05, 0.1) is 18.6 Å². The Labute approximate surface area is 213 Å². The minimum atomic E-state index is -4.75. The zero-order valence-corrected chi connectivity index (χ0v) is 20.6. The summed E-state index contributed by atoms with van der Waals surface area (Å²) in [6.45, 7) is 3.76. The second kappa shape index (κ2) is 11.8. The van der Waals surface area contributed by atoms with E-state index in [1.807, 2.05) is 60.4 Å². The van der Waals surface area contributed by atoms with E-state index in [0.717, 1.165) is 22.8 Å². The van der Waals surface area contributed by atoms with E-state index >= 15 is 0 Å². The van der Waals surface area contributed by atoms with Crippen LogP contribution >= 0.6 is 0 Å². The van der Waals surface area contributed by atoms with E-state index < -0.39 is 17.6 Å². The number of fused-ring (bicyclic) bond motifs is 1. The fourth-order valence-corrected chi connectivity index (χ4v) is 4.51. The highest BCUT2D eigenvalue weighted by Crippen LogP contribution is 2.33. The lowest BCUT2D eigenvalue weighted by atomic mass is 10.00. The van der Waals surface area contributed by atoms with E-state index in [1.165, 1.54) is 12.1 Å². The van der Waals surface area contributed by atoms with Crippen molar-refractivity contribution in [2.24, 2.45) is 0 Å². The Morgan fingerprint density at radius 3 is 2.57 bits per heavy atom. The van der Waals surface area contributed by atoms with Crippen molar-refractivity contribution in [1.82, 2.24) is 4.90 Å². The average molecular weight is 516 g/mol. The van der Waals surface area contributed by atoms with Gasteiger partial charge in [-0.2, -0.15) is 13.2 Å². The quantitative estimate of drug-likeness (QED) is 0.175. The van der Waals surface area contributed by atoms with E-state index in [-0.39, 0.29) is 37.0 Å². The van der Waals surface area contributed by atoms with Gasteiger partial charge in [0.2, 0.25) is 0 Å². The number of nitrogens with zero attached hydrogens (tertiary/aromatic N) is 1. The van der Waals surface area contributed by atoms with Crippen LogP contribution in [0.3, 0.4) is 0 Å². The van der Waals surface area contributed by atoms with Gasteiger partial charge in [-0.3, -0.25) is 9.69 Å². The highest BCUT2D eigenvalue weighted by molar-refractivity contribution is 5.74. The summed E-state index contributed by atoms with van der Waals surface area (Å²) in [5.41, 5.74) is 1.70. The van der Waals surface area contributed by atoms with Crippen LogP contribution in [0.25, 0.3) is 0 Å². The Hall–Kier alpha value is -3.39. The number of carbonyl (C=O) groups excluding carboxylic acids is 1. The van der Waals surface area contributed by atoms with Crippen molar-refractivity contribution in [2.75, 3.05) is 19.7 Å². The second-order valence-electron chi connectivity index (χ2n) is 9.29. The molecule has 0 radical (unpaired) electrons. The number of carbonyl (C=O) groups is 1. The molecule has 3 aromatic rings. The number of benzene rings is 3. The topological polar surface area (TPSA) is 38.8 Å². The monoisotopic (exact) mass is 515 g/mol. The molecule has 37 heavy (non-hydrogen) atoms. The van der Waals surface area contributed by atoms with Gasteiger partial charge in [0.15, 0.2) is 0 Å². The molecular weight excluding hydrogens is 486 g/mol. The summed E-state index contributed by atoms with van der Waals surface area (Å²) < 4.78 is 65.4. The first-order valence-electron chi connectivity index (χ1n) is 12.2. The molecule has 0 bridgehead atoms. The van der Waals surface area contributed by atoms with Gasteiger partial charge in [-0.1, -0.05) is 55.5 Å². The lowest BCUT2D eigenvalue weighted by Gasteiger charge is -2.27. The third-order valence-corrected chi connectivity index (χ3v) is 6.47. The predicted molar refractivity (Wildman–Crippen MR) is 132 cm³/mol. The molecule has 4 rings (SSSR count). The van der Waals surface area contributed by atoms with Crippen molar-refractivity contribution in [2.45, 2.75) is 45.0 Å². The van der Waals surface area contributed by atoms with Crippen LogP contribution in [-0.2, 0) is 35.3 Å². The van der Waals surface area contributed by atoms with Crippen LogP contribution < -0.4 is 4.74 Å². The molecule has 1 heterocycles. The predicted octanol–water partition coefficient (Wildman–Crippen LogP) is 6.52. The Kier molecular flexibility index (Phi) is 8.48. The third-order valence-electron chi connectivity index (χ3n) is 6.47. The molecule has 0 amide bonds. The molecule has 0 spiro atoms. The van der Waals surface area contributed by atoms with Crippen LogP contribution in [0.15, 0.2) is 66.7 Å². The number of alkyl halides is 3. The molecule has 0 fully saturated rings. The molecule has 1 aliphatic rings. The van der Waals surface area contributed by atoms with Gasteiger partial charge in [-0.15, -0.1) is 0 Å². The smallest absolute Gasteiger partial charge is 0.419 e. The number of rotatable bonds is 10. The van der Waals surface area contributed by atoms with Crippen LogP contribution in [-0.4, -0.2) is 30.6 Å². The second-order valence-corrected chi connectivity index (χ2v) is 9.29. The van der Waals surface area contributed by atoms with E-state index in [9.17, 15) is 22.4 Å². The molecule has 4 nitrogen and oxygen atoms in total. The number of esters is 1. The van der Waals surface area contributed by atoms with Crippen molar-refractivity contribution in [3.05, 3.63) is 100 Å². The summed E-state index contributed by atoms with van der Waals surface area (Å²) in [5, 5.41) is 0. The summed E-state index contributed by atoms with van der Waals surface area (Å²) in [5.74, 6) is -0.760. The van der Waals surface area contributed by atoms with E-state index in [1.54, 1.807) is 0 Å². The SMILES string of the molecule is CC(CN(CCCOc1ccc2c(c1)CC(=O)OC2)Cc1cccc(C(F)(F)F)c1F)c1ccccc1. The zero-order chi connectivity index (χ0) is 26.4. The summed E-state index contributed by atoms with van der Waals surface area (Å²) in [6.07, 6.45) is -3.96. The molecule has 3 aromatic carbocycles. The molecule has 196 valence electrons. The van der Waals surface area contributed by atoms with Crippen molar-refractivity contribution in [3.8, 4) is 5.75 Å². The maximum absolute atomic E-state index is 14.8. The third kappa shape index (κ3) is 7.10. The Morgan fingerprint density at radius 1 is 1.03 bits per heavy atom. The zero-order valence-electron chi connectivity index (χ0n) is 20.6. The average Bonchev–Trinajstić information content (AvgIpc) is 2.87. The van der Waals surface area contributed by atoms with Crippen LogP contribution in [0.2, 0.25) is 0 Å². The molecular formula is C29H29F4NO3. The molecule has 1 unspecified atom stereocenters. The van der Waals surface area contributed by atoms with Crippen LogP contribution in [0.5, 0.6) is 5.75 Å². The number of hydrogen-bond donors (Lipinski definition) is 0. The molecule has 0 saturated heterocycles. The van der Waals surface area contributed by atoms with Gasteiger partial charge in [0, 0.05) is 25.2 Å². The first kappa shape index (κ1) is 26.7. The van der Waals surface area contributed by atoms with E-state index in [2.05, 4.69) is 0 Å². The molecule has 0 aliphatic carbocycles. The van der Waals surface area contributed by atoms with Crippen molar-refractivity contribution in [3.63, 3.8) is 0 Å². The number of cyclic esters (lactones) is 1. The highest BCUT2D eigenvalue weighted by Gasteiger charge is 2.35. The van der Waals surface area contributed by atoms with E-state index in [4.69, 9.17) is 9.47 Å². The molecule has 8 heteroatoms. The lowest BCUT2D eigenvalue weighted by Crippen LogP contribution is -2.30. The summed E-state index contributed by atoms with van der Waals surface area (Å²) in [4.78, 5) is 13.5. The highest BCUT2D eigenvalue weighted by atomic mass is 19.4. The Bertz CT molecular complexity index is 1210. The fourth-order valence-electron chi connectivity index (χ4n) is 4.51. The standard InChI is InChI=1S/C29H29F4NO3/c1-20(21-7-3-2-4-8-21)17-34(18-22-9-5-10-26(28(22)30)29(31,32)33)13-6-14-36-25-12-11-23-19-37-27(35)16-24(23)15-25/h2-5,7-12,15,20H,6,13-14,16-19H2,1H3. The van der Waals surface area contributed by atoms with Gasteiger partial charge in [0.25, 0.3) is 0 Å². The van der Waals surface area contributed by atoms with Crippen LogP contribution in [0, 0.1) is 5.82 Å². The van der Waals surface area contributed by atoms with Gasteiger partial charge < -0.3 is 9.47 Å². The Balaban J connectivity index is 1.42. The minimum Gasteiger partial charge on any atom is -0.494 e. The summed E-state index contributed by atoms with van der Waals surface area (Å²) >= 11 is 0. The van der Waals surface area contributed by atoms with Crippen molar-refractivity contribution < 1.29 is 31.8 Å². The first-order chi connectivity index (χ1) is 17.7. The molecule has 0 aromatic heterocycles. The molecule has 1 atom stereocenters. The normalized spacial score (nSPS) is 14.3. The number of ether oxygens (including phenoxy) is 2. The number of halogens is 4. The Morgan fingerprint density at radius 2 is 1.81 bits per heavy atom. The molecule has 0 saturated carbocycles. The van der Waals surface area contributed by atoms with Crippen molar-refractivity contribution in [1.29, 1.82) is 0 Å². The van der Waals surface area contributed by atoms with Gasteiger partial charge >= 0.3 is 12.1 Å². The maximum atomic E-state index is 14.8. The lowest BCUT2D eigenvalue weighted by molar-refractivity contribution is -0.145. The van der Waals surface area contributed by atoms with Gasteiger partial charge in [-0.05, 0) is 47.2 Å². The van der Waals surface area contributed by atoms with Crippen LogP contribution in [0.1, 0.15) is 47.1 Å². The maximum Gasteiger partial charge on any atom is 0.419 e. The number of hydrogen-bond acceptors (Lipinski definition) is 4. The summed E-state index contributed by atoms with van der Waals surface area (Å²) in [6, 6.07) is 18.8. The van der Waals surface area contributed by atoms with Gasteiger partial charge in [0.1, 0.15) is 18.2 Å². The molecule has 0 N–H and O–H groups in total. The summed E-state index contributed by atoms with van der Waals surface area (Å²) in [7, 11) is 0. The first-order valence-corrected chi connectivity index (χ1v) is 12.2. The fraction of sp³-hybridized carbons (Fsp3) is 0.345.